The lowest BCUT2D eigenvalue weighted by Gasteiger charge is -2.30. The van der Waals surface area contributed by atoms with Gasteiger partial charge in [-0.1, -0.05) is 12.1 Å². The van der Waals surface area contributed by atoms with Gasteiger partial charge in [-0.15, -0.1) is 0 Å². The molecule has 1 aromatic rings. The van der Waals surface area contributed by atoms with E-state index in [1.807, 2.05) is 0 Å². The molecule has 1 aliphatic rings. The van der Waals surface area contributed by atoms with E-state index in [0.29, 0.717) is 18.4 Å². The molecule has 0 atom stereocenters. The number of halogens is 3. The smallest absolute Gasteiger partial charge is 0.366 e. The average Bonchev–Trinajstić information content (AvgIpc) is 2.53. The highest BCUT2D eigenvalue weighted by Gasteiger charge is 2.41. The molecule has 0 aromatic heterocycles. The lowest BCUT2D eigenvalue weighted by atomic mass is 9.85. The van der Waals surface area contributed by atoms with Crippen LogP contribution < -0.4 is 11.1 Å². The monoisotopic (exact) mass is 340 g/mol. The van der Waals surface area contributed by atoms with Gasteiger partial charge in [0.15, 0.2) is 0 Å². The zero-order chi connectivity index (χ0) is 17.7. The van der Waals surface area contributed by atoms with Crippen LogP contribution in [0.4, 0.5) is 13.2 Å². The van der Waals surface area contributed by atoms with Crippen LogP contribution >= 0.6 is 0 Å². The number of carbonyl (C=O) groups is 2. The molecular weight excluding hydrogens is 321 g/mol. The van der Waals surface area contributed by atoms with Crippen molar-refractivity contribution in [3.05, 3.63) is 41.5 Å². The molecule has 1 fully saturated rings. The Hall–Kier alpha value is -2.31. The molecule has 0 aliphatic heterocycles. The third-order valence-corrected chi connectivity index (χ3v) is 4.16. The number of carbonyl (C=O) groups excluding carboxylic acids is 2. The fourth-order valence-corrected chi connectivity index (χ4v) is 2.74. The van der Waals surface area contributed by atoms with Gasteiger partial charge >= 0.3 is 6.18 Å². The van der Waals surface area contributed by atoms with Gasteiger partial charge < -0.3 is 11.1 Å². The van der Waals surface area contributed by atoms with E-state index < -0.39 is 18.0 Å². The number of hydrogen-bond acceptors (Lipinski definition) is 2. The third-order valence-electron chi connectivity index (χ3n) is 4.16. The first kappa shape index (κ1) is 18.0. The number of rotatable bonds is 4. The molecule has 0 spiro atoms. The predicted octanol–water partition coefficient (Wildman–Crippen LogP) is 3.04. The Labute approximate surface area is 137 Å². The van der Waals surface area contributed by atoms with Gasteiger partial charge in [-0.05, 0) is 49.5 Å². The van der Waals surface area contributed by atoms with Gasteiger partial charge in [-0.25, -0.2) is 0 Å². The molecule has 0 saturated heterocycles. The molecule has 2 amide bonds. The maximum atomic E-state index is 12.6. The van der Waals surface area contributed by atoms with Crippen LogP contribution in [0.15, 0.2) is 30.3 Å². The summed E-state index contributed by atoms with van der Waals surface area (Å²) in [4.78, 5) is 22.8. The average molecular weight is 340 g/mol. The minimum Gasteiger partial charge on any atom is -0.366 e. The predicted molar refractivity (Wildman–Crippen MR) is 83.9 cm³/mol. The van der Waals surface area contributed by atoms with Crippen molar-refractivity contribution in [2.24, 2.45) is 11.7 Å². The first-order chi connectivity index (χ1) is 11.3. The van der Waals surface area contributed by atoms with Crippen LogP contribution in [0.2, 0.25) is 0 Å². The Kier molecular flexibility index (Phi) is 5.64. The SMILES string of the molecule is NC(=O)c1ccc(C=CC(=O)NC2CCC(C(F)(F)F)CC2)cc1. The van der Waals surface area contributed by atoms with Gasteiger partial charge in [0.25, 0.3) is 0 Å². The van der Waals surface area contributed by atoms with E-state index in [-0.39, 0.29) is 24.8 Å². The minimum atomic E-state index is -4.15. The zero-order valence-corrected chi connectivity index (χ0v) is 13.0. The summed E-state index contributed by atoms with van der Waals surface area (Å²) in [5.74, 6) is -2.13. The highest BCUT2D eigenvalue weighted by molar-refractivity contribution is 5.94. The van der Waals surface area contributed by atoms with Crippen LogP contribution in [-0.4, -0.2) is 24.0 Å². The van der Waals surface area contributed by atoms with Crippen molar-refractivity contribution < 1.29 is 22.8 Å². The van der Waals surface area contributed by atoms with Crippen molar-refractivity contribution in [2.45, 2.75) is 37.9 Å². The molecule has 24 heavy (non-hydrogen) atoms. The number of nitrogens with one attached hydrogen (secondary N) is 1. The molecule has 1 aromatic carbocycles. The second kappa shape index (κ2) is 7.51. The maximum Gasteiger partial charge on any atom is 0.391 e. The molecule has 2 rings (SSSR count). The molecule has 1 saturated carbocycles. The molecule has 1 aliphatic carbocycles. The highest BCUT2D eigenvalue weighted by atomic mass is 19.4. The van der Waals surface area contributed by atoms with Crippen LogP contribution in [0.5, 0.6) is 0 Å². The molecule has 3 N–H and O–H groups in total. The molecule has 0 heterocycles. The summed E-state index contributed by atoms with van der Waals surface area (Å²) in [7, 11) is 0. The zero-order valence-electron chi connectivity index (χ0n) is 13.0. The number of nitrogens with two attached hydrogens (primary N) is 1. The largest absolute Gasteiger partial charge is 0.391 e. The summed E-state index contributed by atoms with van der Waals surface area (Å²) in [6, 6.07) is 6.19. The molecule has 0 radical (unpaired) electrons. The highest BCUT2D eigenvalue weighted by Crippen LogP contribution is 2.37. The van der Waals surface area contributed by atoms with Gasteiger partial charge in [0.2, 0.25) is 11.8 Å². The van der Waals surface area contributed by atoms with E-state index in [2.05, 4.69) is 5.32 Å². The van der Waals surface area contributed by atoms with Gasteiger partial charge in [0.05, 0.1) is 5.92 Å². The minimum absolute atomic E-state index is 0.0484. The molecular formula is C17H19F3N2O2. The van der Waals surface area contributed by atoms with Crippen molar-refractivity contribution in [3.8, 4) is 0 Å². The number of benzene rings is 1. The van der Waals surface area contributed by atoms with Crippen LogP contribution in [0.3, 0.4) is 0 Å². The fraction of sp³-hybridized carbons (Fsp3) is 0.412. The Morgan fingerprint density at radius 1 is 1.08 bits per heavy atom. The van der Waals surface area contributed by atoms with Crippen LogP contribution in [-0.2, 0) is 4.79 Å². The second-order valence-corrected chi connectivity index (χ2v) is 5.92. The molecule has 130 valence electrons. The van der Waals surface area contributed by atoms with Gasteiger partial charge in [-0.3, -0.25) is 9.59 Å². The molecule has 0 bridgehead atoms. The van der Waals surface area contributed by atoms with E-state index in [0.717, 1.165) is 5.56 Å². The van der Waals surface area contributed by atoms with Crippen molar-refractivity contribution in [2.75, 3.05) is 0 Å². The third kappa shape index (κ3) is 5.11. The quantitative estimate of drug-likeness (QED) is 0.827. The maximum absolute atomic E-state index is 12.6. The van der Waals surface area contributed by atoms with Crippen molar-refractivity contribution >= 4 is 17.9 Å². The van der Waals surface area contributed by atoms with Crippen LogP contribution in [0.25, 0.3) is 6.08 Å². The van der Waals surface area contributed by atoms with Gasteiger partial charge in [0.1, 0.15) is 0 Å². The Bertz CT molecular complexity index is 616. The van der Waals surface area contributed by atoms with Crippen LogP contribution in [0.1, 0.15) is 41.6 Å². The standard InChI is InChI=1S/C17H19F3N2O2/c18-17(19,20)13-6-8-14(9-7-13)22-15(23)10-3-11-1-4-12(5-2-11)16(21)24/h1-5,10,13-14H,6-9H2,(H2,21,24)(H,22,23). The summed E-state index contributed by atoms with van der Waals surface area (Å²) in [5.41, 5.74) is 6.23. The first-order valence-electron chi connectivity index (χ1n) is 7.71. The van der Waals surface area contributed by atoms with Crippen molar-refractivity contribution in [1.82, 2.24) is 5.32 Å². The van der Waals surface area contributed by atoms with E-state index in [4.69, 9.17) is 5.73 Å². The molecule has 0 unspecified atom stereocenters. The number of amides is 2. The number of alkyl halides is 3. The van der Waals surface area contributed by atoms with Gasteiger partial charge in [-0.2, -0.15) is 13.2 Å². The van der Waals surface area contributed by atoms with Crippen LogP contribution in [0, 0.1) is 5.92 Å². The Morgan fingerprint density at radius 2 is 1.67 bits per heavy atom. The van der Waals surface area contributed by atoms with E-state index in [9.17, 15) is 22.8 Å². The summed E-state index contributed by atoms with van der Waals surface area (Å²) < 4.78 is 37.8. The van der Waals surface area contributed by atoms with E-state index >= 15 is 0 Å². The lowest BCUT2D eigenvalue weighted by molar-refractivity contribution is -0.182. The van der Waals surface area contributed by atoms with Crippen molar-refractivity contribution in [1.29, 1.82) is 0 Å². The Balaban J connectivity index is 1.82. The second-order valence-electron chi connectivity index (χ2n) is 5.92. The number of hydrogen-bond donors (Lipinski definition) is 2. The van der Waals surface area contributed by atoms with E-state index in [1.165, 1.54) is 6.08 Å². The first-order valence-corrected chi connectivity index (χ1v) is 7.71. The normalized spacial score (nSPS) is 21.6. The summed E-state index contributed by atoms with van der Waals surface area (Å²) >= 11 is 0. The fourth-order valence-electron chi connectivity index (χ4n) is 2.74. The molecule has 7 heteroatoms. The lowest BCUT2D eigenvalue weighted by Crippen LogP contribution is -2.39. The Morgan fingerprint density at radius 3 is 2.17 bits per heavy atom. The van der Waals surface area contributed by atoms with E-state index in [1.54, 1.807) is 30.3 Å². The summed E-state index contributed by atoms with van der Waals surface area (Å²) in [5, 5.41) is 2.72. The summed E-state index contributed by atoms with van der Waals surface area (Å²) in [6.07, 6.45) is -0.490. The van der Waals surface area contributed by atoms with Crippen molar-refractivity contribution in [3.63, 3.8) is 0 Å². The number of primary amides is 1. The molecule has 4 nitrogen and oxygen atoms in total. The topological polar surface area (TPSA) is 72.2 Å². The summed E-state index contributed by atoms with van der Waals surface area (Å²) in [6.45, 7) is 0. The van der Waals surface area contributed by atoms with Gasteiger partial charge in [0, 0.05) is 17.7 Å².